The molecule has 1 aliphatic heterocycles. The van der Waals surface area contributed by atoms with Crippen LogP contribution in [0.4, 0.5) is 5.69 Å². The number of aliphatic hydroxyl groups excluding tert-OH is 1. The Kier molecular flexibility index (Phi) is 2.68. The second kappa shape index (κ2) is 3.75. The van der Waals surface area contributed by atoms with Crippen LogP contribution in [0.5, 0.6) is 0 Å². The minimum absolute atomic E-state index is 0.0168. The smallest absolute Gasteiger partial charge is 0.231 e. The molecule has 1 aromatic rings. The van der Waals surface area contributed by atoms with E-state index in [1.807, 2.05) is 19.9 Å². The lowest BCUT2D eigenvalue weighted by atomic mass is 9.96. The molecule has 1 amide bonds. The molecule has 3 nitrogen and oxygen atoms in total. The lowest BCUT2D eigenvalue weighted by molar-refractivity contribution is -0.116. The first-order valence-corrected chi connectivity index (χ1v) is 5.63. The average molecular weight is 240 g/mol. The van der Waals surface area contributed by atoms with Gasteiger partial charge in [-0.05, 0) is 43.5 Å². The molecule has 0 radical (unpaired) electrons. The number of benzene rings is 1. The number of carbonyl (C=O) groups is 1. The normalized spacial score (nSPS) is 20.6. The van der Waals surface area contributed by atoms with Gasteiger partial charge in [-0.3, -0.25) is 4.79 Å². The highest BCUT2D eigenvalue weighted by Gasteiger charge is 2.30. The summed E-state index contributed by atoms with van der Waals surface area (Å²) in [5.74, 6) is -0.194. The maximum absolute atomic E-state index is 11.6. The fourth-order valence-electron chi connectivity index (χ4n) is 2.03. The van der Waals surface area contributed by atoms with Crippen LogP contribution in [-0.4, -0.2) is 11.0 Å². The van der Waals surface area contributed by atoms with Gasteiger partial charge in [0.1, 0.15) is 0 Å². The van der Waals surface area contributed by atoms with Gasteiger partial charge >= 0.3 is 0 Å². The molecule has 0 aromatic heterocycles. The van der Waals surface area contributed by atoms with Crippen molar-refractivity contribution in [3.63, 3.8) is 0 Å². The first-order valence-electron chi connectivity index (χ1n) is 5.25. The van der Waals surface area contributed by atoms with Crippen molar-refractivity contribution in [3.05, 3.63) is 27.8 Å². The number of amides is 1. The molecule has 0 aliphatic carbocycles. The maximum atomic E-state index is 11.6. The van der Waals surface area contributed by atoms with Gasteiger partial charge in [-0.25, -0.2) is 0 Å². The Morgan fingerprint density at radius 3 is 2.75 bits per heavy atom. The van der Waals surface area contributed by atoms with Crippen molar-refractivity contribution in [2.45, 2.75) is 32.8 Å². The summed E-state index contributed by atoms with van der Waals surface area (Å²) in [6, 6.07) is 1.82. The molecular formula is C12H14ClNO2. The minimum Gasteiger partial charge on any atom is -0.389 e. The molecule has 86 valence electrons. The van der Waals surface area contributed by atoms with E-state index in [-0.39, 0.29) is 11.8 Å². The molecule has 2 unspecified atom stereocenters. The van der Waals surface area contributed by atoms with Crippen LogP contribution < -0.4 is 5.32 Å². The third-order valence-electron chi connectivity index (χ3n) is 3.12. The van der Waals surface area contributed by atoms with Gasteiger partial charge in [-0.1, -0.05) is 11.6 Å². The van der Waals surface area contributed by atoms with Crippen LogP contribution >= 0.6 is 11.6 Å². The van der Waals surface area contributed by atoms with Crippen molar-refractivity contribution in [1.82, 2.24) is 0 Å². The monoisotopic (exact) mass is 239 g/mol. The zero-order valence-corrected chi connectivity index (χ0v) is 10.2. The number of rotatable bonds is 1. The molecule has 0 spiro atoms. The van der Waals surface area contributed by atoms with E-state index in [1.165, 1.54) is 0 Å². The van der Waals surface area contributed by atoms with Crippen molar-refractivity contribution in [3.8, 4) is 0 Å². The highest BCUT2D eigenvalue weighted by atomic mass is 35.5. The van der Waals surface area contributed by atoms with Gasteiger partial charge in [0.2, 0.25) is 5.91 Å². The molecule has 2 rings (SSSR count). The predicted molar refractivity (Wildman–Crippen MR) is 63.9 cm³/mol. The minimum atomic E-state index is -0.626. The van der Waals surface area contributed by atoms with E-state index in [9.17, 15) is 9.90 Å². The number of aliphatic hydroxyl groups is 1. The van der Waals surface area contributed by atoms with Crippen LogP contribution in [0.15, 0.2) is 6.07 Å². The van der Waals surface area contributed by atoms with Gasteiger partial charge in [0.25, 0.3) is 0 Å². The van der Waals surface area contributed by atoms with Crippen LogP contribution in [0, 0.1) is 6.92 Å². The second-order valence-corrected chi connectivity index (χ2v) is 4.63. The lowest BCUT2D eigenvalue weighted by Gasteiger charge is -2.14. The molecule has 4 heteroatoms. The van der Waals surface area contributed by atoms with Crippen LogP contribution in [-0.2, 0) is 4.79 Å². The van der Waals surface area contributed by atoms with Crippen molar-refractivity contribution in [1.29, 1.82) is 0 Å². The maximum Gasteiger partial charge on any atom is 0.231 e. The lowest BCUT2D eigenvalue weighted by Crippen LogP contribution is -2.08. The molecule has 0 bridgehead atoms. The largest absolute Gasteiger partial charge is 0.389 e. The molecule has 2 atom stereocenters. The van der Waals surface area contributed by atoms with Crippen molar-refractivity contribution in [2.24, 2.45) is 0 Å². The van der Waals surface area contributed by atoms with E-state index in [4.69, 9.17) is 11.6 Å². The Balaban J connectivity index is 2.67. The van der Waals surface area contributed by atoms with Crippen LogP contribution in [0.1, 0.15) is 42.6 Å². The third kappa shape index (κ3) is 1.51. The average Bonchev–Trinajstić information content (AvgIpc) is 2.50. The van der Waals surface area contributed by atoms with Gasteiger partial charge < -0.3 is 10.4 Å². The summed E-state index contributed by atoms with van der Waals surface area (Å²) in [4.78, 5) is 11.6. The zero-order chi connectivity index (χ0) is 12.0. The second-order valence-electron chi connectivity index (χ2n) is 4.26. The molecule has 0 saturated carbocycles. The third-order valence-corrected chi connectivity index (χ3v) is 3.62. The Labute approximate surface area is 99.4 Å². The van der Waals surface area contributed by atoms with Gasteiger partial charge in [0.05, 0.1) is 17.0 Å². The Hall–Kier alpha value is -1.06. The number of halogens is 1. The summed E-state index contributed by atoms with van der Waals surface area (Å²) in [6.45, 7) is 5.37. The molecule has 0 saturated heterocycles. The van der Waals surface area contributed by atoms with Gasteiger partial charge in [0, 0.05) is 5.69 Å². The number of fused-ring (bicyclic) bond motifs is 1. The summed E-state index contributed by atoms with van der Waals surface area (Å²) in [5, 5.41) is 13.0. The topological polar surface area (TPSA) is 49.3 Å². The van der Waals surface area contributed by atoms with E-state index in [0.717, 1.165) is 16.8 Å². The van der Waals surface area contributed by atoms with Gasteiger partial charge in [-0.15, -0.1) is 0 Å². The Morgan fingerprint density at radius 1 is 1.56 bits per heavy atom. The van der Waals surface area contributed by atoms with Crippen LogP contribution in [0.25, 0.3) is 0 Å². The molecule has 1 aliphatic rings. The number of hydrogen-bond acceptors (Lipinski definition) is 2. The molecule has 1 aromatic carbocycles. The predicted octanol–water partition coefficient (Wildman–Crippen LogP) is 2.76. The molecule has 1 heterocycles. The van der Waals surface area contributed by atoms with E-state index < -0.39 is 6.10 Å². The number of anilines is 1. The summed E-state index contributed by atoms with van der Waals surface area (Å²) < 4.78 is 0. The summed E-state index contributed by atoms with van der Waals surface area (Å²) in [5.41, 5.74) is 3.23. The van der Waals surface area contributed by atoms with E-state index in [0.29, 0.717) is 10.6 Å². The Bertz CT molecular complexity index is 469. The van der Waals surface area contributed by atoms with Crippen LogP contribution in [0.2, 0.25) is 5.02 Å². The molecule has 2 N–H and O–H groups in total. The van der Waals surface area contributed by atoms with Gasteiger partial charge in [-0.2, -0.15) is 0 Å². The Morgan fingerprint density at radius 2 is 2.19 bits per heavy atom. The molecular weight excluding hydrogens is 226 g/mol. The molecule has 16 heavy (non-hydrogen) atoms. The summed E-state index contributed by atoms with van der Waals surface area (Å²) >= 11 is 6.16. The SMILES string of the molecule is Cc1c(Cl)c(C(C)O)cc2c1NC(=O)C2C. The summed E-state index contributed by atoms with van der Waals surface area (Å²) in [7, 11) is 0. The van der Waals surface area contributed by atoms with E-state index in [2.05, 4.69) is 5.32 Å². The zero-order valence-electron chi connectivity index (χ0n) is 9.47. The fraction of sp³-hybridized carbons (Fsp3) is 0.417. The number of hydrogen-bond donors (Lipinski definition) is 2. The number of nitrogens with one attached hydrogen (secondary N) is 1. The number of carbonyl (C=O) groups excluding carboxylic acids is 1. The van der Waals surface area contributed by atoms with E-state index in [1.54, 1.807) is 6.92 Å². The molecule has 0 fully saturated rings. The first kappa shape index (κ1) is 11.4. The standard InChI is InChI=1S/C12H14ClNO2/c1-5-8-4-9(7(3)15)10(13)6(2)11(8)14-12(5)16/h4-5,7,15H,1-3H3,(H,14,16). The quantitative estimate of drug-likeness (QED) is 0.792. The van der Waals surface area contributed by atoms with Crippen molar-refractivity contribution < 1.29 is 9.90 Å². The highest BCUT2D eigenvalue weighted by molar-refractivity contribution is 6.33. The first-order chi connectivity index (χ1) is 7.43. The summed E-state index contributed by atoms with van der Waals surface area (Å²) in [6.07, 6.45) is -0.626. The van der Waals surface area contributed by atoms with Crippen molar-refractivity contribution >= 4 is 23.2 Å². The van der Waals surface area contributed by atoms with Crippen molar-refractivity contribution in [2.75, 3.05) is 5.32 Å². The highest BCUT2D eigenvalue weighted by Crippen LogP contribution is 2.41. The van der Waals surface area contributed by atoms with Crippen LogP contribution in [0.3, 0.4) is 0 Å². The fourth-order valence-corrected chi connectivity index (χ4v) is 2.34. The van der Waals surface area contributed by atoms with E-state index >= 15 is 0 Å². The van der Waals surface area contributed by atoms with Gasteiger partial charge in [0.15, 0.2) is 0 Å².